The van der Waals surface area contributed by atoms with Gasteiger partial charge in [-0.2, -0.15) is 0 Å². The third kappa shape index (κ3) is 7.29. The number of amides is 1. The molecule has 2 aromatic rings. The topological polar surface area (TPSA) is 70.2 Å². The molecule has 0 bridgehead atoms. The Morgan fingerprint density at radius 3 is 2.46 bits per heavy atom. The predicted octanol–water partition coefficient (Wildman–Crippen LogP) is 5.09. The van der Waals surface area contributed by atoms with Gasteiger partial charge in [-0.25, -0.2) is 14.2 Å². The number of carbonyl (C=O) groups is 1. The fourth-order valence-electron chi connectivity index (χ4n) is 4.52. The summed E-state index contributed by atoms with van der Waals surface area (Å²) in [5.74, 6) is 1.11. The van der Waals surface area contributed by atoms with E-state index in [1.165, 1.54) is 6.07 Å². The lowest BCUT2D eigenvalue weighted by Crippen LogP contribution is -2.37. The van der Waals surface area contributed by atoms with Crippen LogP contribution in [0.3, 0.4) is 0 Å². The first-order valence-corrected chi connectivity index (χ1v) is 13.2. The molecule has 1 N–H and O–H groups in total. The highest BCUT2D eigenvalue weighted by molar-refractivity contribution is 6.67. The van der Waals surface area contributed by atoms with Gasteiger partial charge in [0.1, 0.15) is 24.1 Å². The lowest BCUT2D eigenvalue weighted by molar-refractivity contribution is 0.122. The first-order valence-electron chi connectivity index (χ1n) is 12.1. The van der Waals surface area contributed by atoms with Crippen molar-refractivity contribution in [3.63, 3.8) is 0 Å². The average Bonchev–Trinajstić information content (AvgIpc) is 3.35. The van der Waals surface area contributed by atoms with Crippen molar-refractivity contribution < 1.29 is 18.7 Å². The summed E-state index contributed by atoms with van der Waals surface area (Å²) in [7, 11) is 4.18. The van der Waals surface area contributed by atoms with Gasteiger partial charge in [0, 0.05) is 32.2 Å². The van der Waals surface area contributed by atoms with Crippen molar-refractivity contribution in [3.05, 3.63) is 35.6 Å². The van der Waals surface area contributed by atoms with Crippen LogP contribution in [-0.4, -0.2) is 85.9 Å². The van der Waals surface area contributed by atoms with Gasteiger partial charge in [0.25, 0.3) is 0 Å². The zero-order valence-corrected chi connectivity index (χ0v) is 23.3. The van der Waals surface area contributed by atoms with E-state index < -0.39 is 22.3 Å². The highest BCUT2D eigenvalue weighted by atomic mass is 35.6. The van der Waals surface area contributed by atoms with E-state index in [4.69, 9.17) is 49.3 Å². The lowest BCUT2D eigenvalue weighted by Gasteiger charge is -2.30. The van der Waals surface area contributed by atoms with Crippen LogP contribution >= 0.6 is 34.8 Å². The number of nitrogens with zero attached hydrogens (tertiary/aromatic N) is 4. The number of anilines is 3. The van der Waals surface area contributed by atoms with Crippen molar-refractivity contribution in [1.29, 1.82) is 0 Å². The zero-order valence-electron chi connectivity index (χ0n) is 21.1. The first kappa shape index (κ1) is 28.0. The van der Waals surface area contributed by atoms with Crippen LogP contribution in [0.4, 0.5) is 26.5 Å². The van der Waals surface area contributed by atoms with Gasteiger partial charge in [0.15, 0.2) is 0 Å². The quantitative estimate of drug-likeness (QED) is 0.482. The number of pyridine rings is 1. The second-order valence-electron chi connectivity index (χ2n) is 9.49. The van der Waals surface area contributed by atoms with Crippen LogP contribution < -0.4 is 15.1 Å². The summed E-state index contributed by atoms with van der Waals surface area (Å²) in [6, 6.07) is 7.44. The second kappa shape index (κ2) is 11.8. The Hall–Kier alpha value is -2.04. The minimum Gasteiger partial charge on any atom is -0.445 e. The molecule has 37 heavy (non-hydrogen) atoms. The Bertz CT molecular complexity index is 1130. The SMILES string of the molecule is Cc1cc(F)c(NC(=O)OCC(Cl)(Cl)Cl)cc1-c1cc(N2CCOCC2)nc(N2CC[C@H](N(C)C)C2)c1. The van der Waals surface area contributed by atoms with Gasteiger partial charge < -0.3 is 24.2 Å². The normalized spacial score (nSPS) is 18.4. The van der Waals surface area contributed by atoms with E-state index in [-0.39, 0.29) is 5.69 Å². The summed E-state index contributed by atoms with van der Waals surface area (Å²) in [5, 5.41) is 2.42. The van der Waals surface area contributed by atoms with Crippen LogP contribution in [-0.2, 0) is 9.47 Å². The minimum absolute atomic E-state index is 0.0324. The Morgan fingerprint density at radius 2 is 1.84 bits per heavy atom. The van der Waals surface area contributed by atoms with Gasteiger partial charge in [-0.1, -0.05) is 34.8 Å². The number of carbonyl (C=O) groups excluding carboxylic acids is 1. The molecule has 1 aromatic carbocycles. The summed E-state index contributed by atoms with van der Waals surface area (Å²) in [5.41, 5.74) is 2.32. The Labute approximate surface area is 231 Å². The predicted molar refractivity (Wildman–Crippen MR) is 147 cm³/mol. The first-order chi connectivity index (χ1) is 17.5. The maximum Gasteiger partial charge on any atom is 0.411 e. The van der Waals surface area contributed by atoms with Crippen molar-refractivity contribution in [2.45, 2.75) is 23.2 Å². The average molecular weight is 575 g/mol. The zero-order chi connectivity index (χ0) is 26.7. The number of aryl methyl sites for hydroxylation is 1. The molecule has 12 heteroatoms. The van der Waals surface area contributed by atoms with Gasteiger partial charge in [-0.3, -0.25) is 5.32 Å². The van der Waals surface area contributed by atoms with E-state index in [1.54, 1.807) is 6.07 Å². The summed E-state index contributed by atoms with van der Waals surface area (Å²) in [6.45, 7) is 5.87. The molecule has 0 saturated carbocycles. The Kier molecular flexibility index (Phi) is 8.91. The Balaban J connectivity index is 1.68. The number of morpholine rings is 1. The largest absolute Gasteiger partial charge is 0.445 e. The van der Waals surface area contributed by atoms with E-state index in [9.17, 15) is 9.18 Å². The van der Waals surface area contributed by atoms with E-state index >= 15 is 0 Å². The molecular formula is C25H31Cl3FN5O3. The molecule has 3 heterocycles. The van der Waals surface area contributed by atoms with Crippen LogP contribution in [0.1, 0.15) is 12.0 Å². The molecule has 2 aliphatic rings. The highest BCUT2D eigenvalue weighted by Crippen LogP contribution is 2.35. The number of hydrogen-bond acceptors (Lipinski definition) is 7. The number of likely N-dealkylation sites (N-methyl/N-ethyl adjacent to an activating group) is 1. The maximum atomic E-state index is 14.8. The molecule has 1 amide bonds. The molecule has 8 nitrogen and oxygen atoms in total. The third-order valence-electron chi connectivity index (χ3n) is 6.58. The van der Waals surface area contributed by atoms with Crippen molar-refractivity contribution in [1.82, 2.24) is 9.88 Å². The highest BCUT2D eigenvalue weighted by Gasteiger charge is 2.27. The van der Waals surface area contributed by atoms with Crippen LogP contribution in [0.5, 0.6) is 0 Å². The molecular weight excluding hydrogens is 544 g/mol. The standard InChI is InChI=1S/C25H31Cl3FN5O3/c1-16-10-20(29)21(30-24(35)37-15-25(26,27)28)13-19(16)17-11-22(33-6-8-36-9-7-33)31-23(12-17)34-5-4-18(14-34)32(2)3/h10-13,18H,4-9,14-15H2,1-3H3,(H,30,35)/t18-/m0/s1. The van der Waals surface area contributed by atoms with Gasteiger partial charge in [0.05, 0.1) is 18.9 Å². The smallest absolute Gasteiger partial charge is 0.411 e. The Morgan fingerprint density at radius 1 is 1.16 bits per heavy atom. The molecule has 0 aliphatic carbocycles. The van der Waals surface area contributed by atoms with Crippen LogP contribution in [0.2, 0.25) is 0 Å². The summed E-state index contributed by atoms with van der Waals surface area (Å²) in [6.07, 6.45) is 0.127. The van der Waals surface area contributed by atoms with E-state index in [0.717, 1.165) is 60.9 Å². The summed E-state index contributed by atoms with van der Waals surface area (Å²) in [4.78, 5) is 23.9. The minimum atomic E-state index is -1.77. The van der Waals surface area contributed by atoms with Crippen molar-refractivity contribution >= 4 is 58.2 Å². The fraction of sp³-hybridized carbons (Fsp3) is 0.520. The summed E-state index contributed by atoms with van der Waals surface area (Å²) < 4.78 is 23.5. The second-order valence-corrected chi connectivity index (χ2v) is 12.0. The molecule has 1 atom stereocenters. The van der Waals surface area contributed by atoms with E-state index in [0.29, 0.717) is 19.3 Å². The van der Waals surface area contributed by atoms with Gasteiger partial charge >= 0.3 is 6.09 Å². The maximum absolute atomic E-state index is 14.8. The molecule has 4 rings (SSSR count). The molecule has 2 aliphatic heterocycles. The molecule has 0 spiro atoms. The van der Waals surface area contributed by atoms with Crippen molar-refractivity contribution in [2.24, 2.45) is 0 Å². The number of alkyl halides is 3. The third-order valence-corrected chi connectivity index (χ3v) is 6.91. The van der Waals surface area contributed by atoms with Crippen LogP contribution in [0.25, 0.3) is 11.1 Å². The van der Waals surface area contributed by atoms with Crippen molar-refractivity contribution in [2.75, 3.05) is 75.2 Å². The summed E-state index contributed by atoms with van der Waals surface area (Å²) >= 11 is 16.9. The molecule has 1 aromatic heterocycles. The number of nitrogens with one attached hydrogen (secondary N) is 1. The number of ether oxygens (including phenoxy) is 2. The number of aromatic nitrogens is 1. The van der Waals surface area contributed by atoms with Crippen LogP contribution in [0, 0.1) is 12.7 Å². The molecule has 202 valence electrons. The number of benzene rings is 1. The molecule has 2 fully saturated rings. The van der Waals surface area contributed by atoms with E-state index in [1.807, 2.05) is 19.1 Å². The monoisotopic (exact) mass is 573 g/mol. The number of rotatable bonds is 6. The fourth-order valence-corrected chi connectivity index (χ4v) is 4.68. The van der Waals surface area contributed by atoms with Gasteiger partial charge in [-0.15, -0.1) is 0 Å². The lowest BCUT2D eigenvalue weighted by atomic mass is 9.99. The van der Waals surface area contributed by atoms with Gasteiger partial charge in [-0.05, 0) is 68.4 Å². The van der Waals surface area contributed by atoms with E-state index in [2.05, 4.69) is 34.1 Å². The molecule has 0 unspecified atom stereocenters. The van der Waals surface area contributed by atoms with Crippen molar-refractivity contribution in [3.8, 4) is 11.1 Å². The van der Waals surface area contributed by atoms with Gasteiger partial charge in [0.2, 0.25) is 3.79 Å². The molecule has 0 radical (unpaired) electrons. The molecule has 2 saturated heterocycles. The number of halogens is 4. The number of hydrogen-bond donors (Lipinski definition) is 1. The van der Waals surface area contributed by atoms with Crippen LogP contribution in [0.15, 0.2) is 24.3 Å².